The number of hydrogen-bond donors (Lipinski definition) is 1. The molecular weight excluding hydrogens is 200 g/mol. The molecule has 1 fully saturated rings. The van der Waals surface area contributed by atoms with Crippen molar-refractivity contribution in [2.45, 2.75) is 38.6 Å². The maximum atomic E-state index is 11.2. The second-order valence-electron chi connectivity index (χ2n) is 3.53. The van der Waals surface area contributed by atoms with Crippen LogP contribution >= 0.6 is 0 Å². The van der Waals surface area contributed by atoms with Gasteiger partial charge in [0.05, 0.1) is 6.42 Å². The number of hydrogen-bond acceptors (Lipinski definition) is 4. The van der Waals surface area contributed by atoms with Gasteiger partial charge in [0, 0.05) is 20.3 Å². The van der Waals surface area contributed by atoms with Crippen LogP contribution in [0, 0.1) is 11.8 Å². The average molecular weight is 212 g/mol. The summed E-state index contributed by atoms with van der Waals surface area (Å²) in [7, 11) is 0. The lowest BCUT2D eigenvalue weighted by molar-refractivity contribution is -0.160. The van der Waals surface area contributed by atoms with E-state index in [2.05, 4.69) is 11.8 Å². The molecule has 0 amide bonds. The van der Waals surface area contributed by atoms with Crippen molar-refractivity contribution in [3.63, 3.8) is 0 Å². The Kier molecular flexibility index (Phi) is 3.32. The first-order chi connectivity index (χ1) is 6.91. The van der Waals surface area contributed by atoms with Gasteiger partial charge < -0.3 is 14.6 Å². The van der Waals surface area contributed by atoms with E-state index in [1.54, 1.807) is 13.8 Å². The number of carboxylic acids is 1. The third-order valence-corrected chi connectivity index (χ3v) is 1.66. The summed E-state index contributed by atoms with van der Waals surface area (Å²) >= 11 is 0. The molecule has 5 heteroatoms. The van der Waals surface area contributed by atoms with Crippen molar-refractivity contribution >= 4 is 11.9 Å². The normalized spacial score (nSPS) is 22.8. The lowest BCUT2D eigenvalue weighted by Gasteiger charge is -2.13. The second-order valence-corrected chi connectivity index (χ2v) is 3.53. The van der Waals surface area contributed by atoms with Crippen molar-refractivity contribution in [2.75, 3.05) is 0 Å². The van der Waals surface area contributed by atoms with E-state index in [-0.39, 0.29) is 12.8 Å². The number of carboxylic acid groups (broad SMARTS) is 1. The fourth-order valence-corrected chi connectivity index (χ4v) is 1.07. The van der Waals surface area contributed by atoms with Gasteiger partial charge in [-0.1, -0.05) is 11.8 Å². The van der Waals surface area contributed by atoms with Gasteiger partial charge in [0.2, 0.25) is 11.9 Å². The van der Waals surface area contributed by atoms with Gasteiger partial charge in [-0.2, -0.15) is 0 Å². The number of carbonyl (C=O) groups excluding carboxylic acids is 1. The Morgan fingerprint density at radius 2 is 2.27 bits per heavy atom. The number of carbonyl (C=O) groups is 2. The first kappa shape index (κ1) is 11.5. The molecule has 0 aromatic rings. The molecule has 0 bridgehead atoms. The van der Waals surface area contributed by atoms with Crippen LogP contribution in [0.1, 0.15) is 26.7 Å². The van der Waals surface area contributed by atoms with Crippen molar-refractivity contribution in [1.29, 1.82) is 0 Å². The van der Waals surface area contributed by atoms with Gasteiger partial charge in [-0.25, -0.2) is 4.79 Å². The van der Waals surface area contributed by atoms with Crippen LogP contribution in [-0.4, -0.2) is 28.9 Å². The van der Waals surface area contributed by atoms with E-state index in [4.69, 9.17) is 14.6 Å². The van der Waals surface area contributed by atoms with E-state index in [0.717, 1.165) is 0 Å². The molecule has 1 N–H and O–H groups in total. The number of ether oxygens (including phenoxy) is 2. The summed E-state index contributed by atoms with van der Waals surface area (Å²) in [5.41, 5.74) is 0. The maximum Gasteiger partial charge on any atom is 0.350 e. The molecule has 5 nitrogen and oxygen atoms in total. The molecule has 1 rings (SSSR count). The SMILES string of the molecule is CC1(C)OC(=O)[C@H](C#CCCC(=O)O)O1. The van der Waals surface area contributed by atoms with E-state index < -0.39 is 23.8 Å². The molecule has 15 heavy (non-hydrogen) atoms. The number of rotatable bonds is 2. The van der Waals surface area contributed by atoms with Crippen LogP contribution in [0.5, 0.6) is 0 Å². The van der Waals surface area contributed by atoms with Crippen molar-refractivity contribution in [3.8, 4) is 11.8 Å². The largest absolute Gasteiger partial charge is 0.481 e. The summed E-state index contributed by atoms with van der Waals surface area (Å²) in [6.45, 7) is 3.23. The predicted molar refractivity (Wildman–Crippen MR) is 49.7 cm³/mol. The quantitative estimate of drug-likeness (QED) is 0.534. The molecule has 0 unspecified atom stereocenters. The highest BCUT2D eigenvalue weighted by Gasteiger charge is 2.39. The van der Waals surface area contributed by atoms with Crippen LogP contribution in [0.2, 0.25) is 0 Å². The Hall–Kier alpha value is -1.54. The monoisotopic (exact) mass is 212 g/mol. The van der Waals surface area contributed by atoms with E-state index >= 15 is 0 Å². The van der Waals surface area contributed by atoms with E-state index in [1.807, 2.05) is 0 Å². The van der Waals surface area contributed by atoms with E-state index in [9.17, 15) is 9.59 Å². The Labute approximate surface area is 87.4 Å². The van der Waals surface area contributed by atoms with Crippen molar-refractivity contribution in [1.82, 2.24) is 0 Å². The molecule has 1 saturated heterocycles. The van der Waals surface area contributed by atoms with Gasteiger partial charge in [-0.3, -0.25) is 4.79 Å². The third kappa shape index (κ3) is 3.60. The average Bonchev–Trinajstić information content (AvgIpc) is 2.33. The molecule has 0 aliphatic carbocycles. The Balaban J connectivity index is 2.45. The number of aliphatic carboxylic acids is 1. The maximum absolute atomic E-state index is 11.2. The van der Waals surface area contributed by atoms with E-state index in [1.165, 1.54) is 0 Å². The highest BCUT2D eigenvalue weighted by molar-refractivity contribution is 5.80. The molecular formula is C10H12O5. The van der Waals surface area contributed by atoms with Crippen LogP contribution in [0.15, 0.2) is 0 Å². The molecule has 1 aliphatic rings. The highest BCUT2D eigenvalue weighted by Crippen LogP contribution is 2.22. The first-order valence-corrected chi connectivity index (χ1v) is 4.51. The minimum atomic E-state index is -0.941. The lowest BCUT2D eigenvalue weighted by atomic mass is 10.3. The second kappa shape index (κ2) is 4.32. The van der Waals surface area contributed by atoms with E-state index in [0.29, 0.717) is 0 Å². The molecule has 0 saturated carbocycles. The van der Waals surface area contributed by atoms with Crippen LogP contribution in [0.4, 0.5) is 0 Å². The summed E-state index contributed by atoms with van der Waals surface area (Å²) in [6.07, 6.45) is -0.741. The molecule has 0 radical (unpaired) electrons. The Bertz CT molecular complexity index is 333. The smallest absolute Gasteiger partial charge is 0.350 e. The van der Waals surface area contributed by atoms with Crippen LogP contribution in [-0.2, 0) is 19.1 Å². The molecule has 1 aliphatic heterocycles. The summed E-state index contributed by atoms with van der Waals surface area (Å²) in [5.74, 6) is 2.72. The summed E-state index contributed by atoms with van der Waals surface area (Å²) < 4.78 is 10.0. The molecule has 0 aromatic carbocycles. The highest BCUT2D eigenvalue weighted by atomic mass is 16.8. The first-order valence-electron chi connectivity index (χ1n) is 4.51. The molecule has 82 valence electrons. The standard InChI is InChI=1S/C10H12O5/c1-10(2)14-7(9(13)15-10)5-3-4-6-8(11)12/h7H,4,6H2,1-2H3,(H,11,12)/t7-/m0/s1. The van der Waals surface area contributed by atoms with Crippen LogP contribution < -0.4 is 0 Å². The fraction of sp³-hybridized carbons (Fsp3) is 0.600. The van der Waals surface area contributed by atoms with Gasteiger partial charge >= 0.3 is 11.9 Å². The van der Waals surface area contributed by atoms with Crippen molar-refractivity contribution in [3.05, 3.63) is 0 Å². The summed E-state index contributed by atoms with van der Waals surface area (Å²) in [6, 6.07) is 0. The minimum Gasteiger partial charge on any atom is -0.481 e. The molecule has 0 aromatic heterocycles. The fourth-order valence-electron chi connectivity index (χ4n) is 1.07. The van der Waals surface area contributed by atoms with Crippen LogP contribution in [0.25, 0.3) is 0 Å². The number of esters is 1. The topological polar surface area (TPSA) is 72.8 Å². The number of cyclic esters (lactones) is 1. The molecule has 1 heterocycles. The zero-order valence-corrected chi connectivity index (χ0v) is 8.57. The molecule has 1 atom stereocenters. The Morgan fingerprint density at radius 1 is 1.60 bits per heavy atom. The van der Waals surface area contributed by atoms with Gasteiger partial charge in [-0.15, -0.1) is 0 Å². The van der Waals surface area contributed by atoms with Gasteiger partial charge in [0.25, 0.3) is 0 Å². The predicted octanol–water partition coefficient (Wildman–Crippen LogP) is 0.533. The van der Waals surface area contributed by atoms with Gasteiger partial charge in [0.1, 0.15) is 0 Å². The van der Waals surface area contributed by atoms with Crippen LogP contribution in [0.3, 0.4) is 0 Å². The zero-order valence-electron chi connectivity index (χ0n) is 8.57. The van der Waals surface area contributed by atoms with Gasteiger partial charge in [-0.05, 0) is 0 Å². The van der Waals surface area contributed by atoms with Gasteiger partial charge in [0.15, 0.2) is 0 Å². The lowest BCUT2D eigenvalue weighted by Crippen LogP contribution is -2.20. The molecule has 0 spiro atoms. The summed E-state index contributed by atoms with van der Waals surface area (Å²) in [5, 5.41) is 8.35. The third-order valence-electron chi connectivity index (χ3n) is 1.66. The minimum absolute atomic E-state index is 0.0435. The van der Waals surface area contributed by atoms with Crippen molar-refractivity contribution < 1.29 is 24.2 Å². The van der Waals surface area contributed by atoms with Crippen molar-refractivity contribution in [2.24, 2.45) is 0 Å². The summed E-state index contributed by atoms with van der Waals surface area (Å²) in [4.78, 5) is 21.3. The Morgan fingerprint density at radius 3 is 2.73 bits per heavy atom. The zero-order chi connectivity index (χ0) is 11.5.